The first kappa shape index (κ1) is 16.7. The second-order valence-electron chi connectivity index (χ2n) is 4.80. The first-order chi connectivity index (χ1) is 8.32. The SMILES string of the molecule is CCNC(=NCC(=O)N(C)C)NCC(C)(C)OC. The van der Waals surface area contributed by atoms with Crippen molar-refractivity contribution in [3.63, 3.8) is 0 Å². The molecule has 106 valence electrons. The second kappa shape index (κ2) is 7.92. The van der Waals surface area contributed by atoms with Crippen molar-refractivity contribution in [1.82, 2.24) is 15.5 Å². The van der Waals surface area contributed by atoms with Crippen LogP contribution in [0.25, 0.3) is 0 Å². The third-order valence-electron chi connectivity index (χ3n) is 2.45. The van der Waals surface area contributed by atoms with Crippen LogP contribution in [-0.2, 0) is 9.53 Å². The van der Waals surface area contributed by atoms with Crippen LogP contribution in [0.2, 0.25) is 0 Å². The van der Waals surface area contributed by atoms with Gasteiger partial charge < -0.3 is 20.3 Å². The summed E-state index contributed by atoms with van der Waals surface area (Å²) in [5.74, 6) is 0.594. The zero-order chi connectivity index (χ0) is 14.2. The molecule has 0 saturated heterocycles. The van der Waals surface area contributed by atoms with Crippen LogP contribution in [0, 0.1) is 0 Å². The minimum atomic E-state index is -0.276. The number of carbonyl (C=O) groups excluding carboxylic acids is 1. The summed E-state index contributed by atoms with van der Waals surface area (Å²) >= 11 is 0. The number of rotatable bonds is 6. The molecule has 0 bridgehead atoms. The van der Waals surface area contributed by atoms with E-state index in [9.17, 15) is 4.79 Å². The minimum absolute atomic E-state index is 0.0294. The average Bonchev–Trinajstić information content (AvgIpc) is 2.32. The number of nitrogens with zero attached hydrogens (tertiary/aromatic N) is 2. The number of hydrogen-bond acceptors (Lipinski definition) is 3. The van der Waals surface area contributed by atoms with E-state index in [2.05, 4.69) is 15.6 Å². The maximum atomic E-state index is 11.4. The lowest BCUT2D eigenvalue weighted by molar-refractivity contribution is -0.127. The molecular formula is C12H26N4O2. The molecule has 0 aromatic carbocycles. The molecule has 0 aromatic rings. The van der Waals surface area contributed by atoms with E-state index in [4.69, 9.17) is 4.74 Å². The van der Waals surface area contributed by atoms with Gasteiger partial charge in [-0.1, -0.05) is 0 Å². The van der Waals surface area contributed by atoms with Crippen molar-refractivity contribution in [3.05, 3.63) is 0 Å². The van der Waals surface area contributed by atoms with E-state index in [-0.39, 0.29) is 18.1 Å². The summed E-state index contributed by atoms with van der Waals surface area (Å²) in [5.41, 5.74) is -0.276. The Balaban J connectivity index is 4.38. The molecule has 1 amide bonds. The van der Waals surface area contributed by atoms with E-state index in [0.717, 1.165) is 6.54 Å². The number of methoxy groups -OCH3 is 1. The van der Waals surface area contributed by atoms with E-state index < -0.39 is 0 Å². The maximum Gasteiger partial charge on any atom is 0.243 e. The molecule has 0 unspecified atom stereocenters. The van der Waals surface area contributed by atoms with Gasteiger partial charge in [0.25, 0.3) is 0 Å². The Hall–Kier alpha value is -1.30. The smallest absolute Gasteiger partial charge is 0.243 e. The van der Waals surface area contributed by atoms with Crippen molar-refractivity contribution >= 4 is 11.9 Å². The quantitative estimate of drug-likeness (QED) is 0.522. The molecule has 0 saturated carbocycles. The van der Waals surface area contributed by atoms with Crippen LogP contribution in [0.1, 0.15) is 20.8 Å². The van der Waals surface area contributed by atoms with Crippen LogP contribution in [0.4, 0.5) is 0 Å². The van der Waals surface area contributed by atoms with E-state index in [1.807, 2.05) is 20.8 Å². The Morgan fingerprint density at radius 3 is 2.39 bits per heavy atom. The van der Waals surface area contributed by atoms with Gasteiger partial charge in [-0.2, -0.15) is 0 Å². The number of amides is 1. The molecule has 0 radical (unpaired) electrons. The standard InChI is InChI=1S/C12H26N4O2/c1-7-13-11(14-8-10(17)16(4)5)15-9-12(2,3)18-6/h7-9H2,1-6H3,(H2,13,14,15). The number of carbonyl (C=O) groups is 1. The molecule has 0 heterocycles. The lowest BCUT2D eigenvalue weighted by Crippen LogP contribution is -2.45. The molecular weight excluding hydrogens is 232 g/mol. The molecule has 2 N–H and O–H groups in total. The van der Waals surface area contributed by atoms with Gasteiger partial charge in [-0.25, -0.2) is 4.99 Å². The third kappa shape index (κ3) is 7.11. The summed E-state index contributed by atoms with van der Waals surface area (Å²) in [6.07, 6.45) is 0. The average molecular weight is 258 g/mol. The van der Waals surface area contributed by atoms with Crippen molar-refractivity contribution in [2.75, 3.05) is 40.8 Å². The first-order valence-corrected chi connectivity index (χ1v) is 6.10. The molecule has 0 fully saturated rings. The Labute approximate surface area is 110 Å². The maximum absolute atomic E-state index is 11.4. The fourth-order valence-electron chi connectivity index (χ4n) is 0.999. The Bertz CT molecular complexity index is 288. The fourth-order valence-corrected chi connectivity index (χ4v) is 0.999. The van der Waals surface area contributed by atoms with E-state index in [1.54, 1.807) is 21.2 Å². The van der Waals surface area contributed by atoms with E-state index >= 15 is 0 Å². The fraction of sp³-hybridized carbons (Fsp3) is 0.833. The summed E-state index contributed by atoms with van der Waals surface area (Å²) < 4.78 is 5.31. The third-order valence-corrected chi connectivity index (χ3v) is 2.45. The molecule has 18 heavy (non-hydrogen) atoms. The lowest BCUT2D eigenvalue weighted by Gasteiger charge is -2.24. The summed E-state index contributed by atoms with van der Waals surface area (Å²) in [6.45, 7) is 7.44. The molecule has 0 aliphatic heterocycles. The predicted molar refractivity (Wildman–Crippen MR) is 73.8 cm³/mol. The van der Waals surface area contributed by atoms with Crippen molar-refractivity contribution in [3.8, 4) is 0 Å². The molecule has 0 rings (SSSR count). The highest BCUT2D eigenvalue weighted by atomic mass is 16.5. The highest BCUT2D eigenvalue weighted by Crippen LogP contribution is 2.04. The normalized spacial score (nSPS) is 12.2. The molecule has 0 atom stereocenters. The van der Waals surface area contributed by atoms with Crippen LogP contribution in [-0.4, -0.2) is 63.2 Å². The minimum Gasteiger partial charge on any atom is -0.377 e. The van der Waals surface area contributed by atoms with Crippen LogP contribution >= 0.6 is 0 Å². The number of nitrogens with one attached hydrogen (secondary N) is 2. The van der Waals surface area contributed by atoms with Crippen LogP contribution in [0.3, 0.4) is 0 Å². The zero-order valence-electron chi connectivity index (χ0n) is 12.3. The zero-order valence-corrected chi connectivity index (χ0v) is 12.3. The molecule has 6 heteroatoms. The largest absolute Gasteiger partial charge is 0.377 e. The topological polar surface area (TPSA) is 66.0 Å². The number of aliphatic imine (C=N–C) groups is 1. The molecule has 0 aliphatic carbocycles. The van der Waals surface area contributed by atoms with Gasteiger partial charge in [0.2, 0.25) is 5.91 Å². The second-order valence-corrected chi connectivity index (χ2v) is 4.80. The number of guanidine groups is 1. The number of ether oxygens (including phenoxy) is 1. The molecule has 0 aromatic heterocycles. The van der Waals surface area contributed by atoms with Gasteiger partial charge in [-0.3, -0.25) is 4.79 Å². The van der Waals surface area contributed by atoms with Crippen molar-refractivity contribution in [2.45, 2.75) is 26.4 Å². The Morgan fingerprint density at radius 1 is 1.33 bits per heavy atom. The van der Waals surface area contributed by atoms with Crippen molar-refractivity contribution in [1.29, 1.82) is 0 Å². The molecule has 0 spiro atoms. The van der Waals surface area contributed by atoms with E-state index in [0.29, 0.717) is 12.5 Å². The molecule has 0 aliphatic rings. The Morgan fingerprint density at radius 2 is 1.94 bits per heavy atom. The summed E-state index contributed by atoms with van der Waals surface area (Å²) in [4.78, 5) is 17.2. The van der Waals surface area contributed by atoms with Gasteiger partial charge in [0.15, 0.2) is 5.96 Å². The molecule has 6 nitrogen and oxygen atoms in total. The summed E-state index contributed by atoms with van der Waals surface area (Å²) in [7, 11) is 5.10. The number of hydrogen-bond donors (Lipinski definition) is 2. The van der Waals surface area contributed by atoms with Gasteiger partial charge >= 0.3 is 0 Å². The van der Waals surface area contributed by atoms with Gasteiger partial charge in [-0.05, 0) is 20.8 Å². The van der Waals surface area contributed by atoms with Gasteiger partial charge in [0.05, 0.1) is 5.60 Å². The highest BCUT2D eigenvalue weighted by Gasteiger charge is 2.16. The first-order valence-electron chi connectivity index (χ1n) is 6.10. The van der Waals surface area contributed by atoms with Crippen LogP contribution < -0.4 is 10.6 Å². The van der Waals surface area contributed by atoms with Gasteiger partial charge in [0, 0.05) is 34.3 Å². The highest BCUT2D eigenvalue weighted by molar-refractivity contribution is 5.84. The van der Waals surface area contributed by atoms with Crippen molar-refractivity contribution < 1.29 is 9.53 Å². The Kier molecular flexibility index (Phi) is 7.35. The van der Waals surface area contributed by atoms with Crippen molar-refractivity contribution in [2.24, 2.45) is 4.99 Å². The summed E-state index contributed by atoms with van der Waals surface area (Å²) in [5, 5.41) is 6.24. The van der Waals surface area contributed by atoms with Crippen LogP contribution in [0.15, 0.2) is 4.99 Å². The van der Waals surface area contributed by atoms with Gasteiger partial charge in [0.1, 0.15) is 6.54 Å². The van der Waals surface area contributed by atoms with E-state index in [1.165, 1.54) is 4.90 Å². The van der Waals surface area contributed by atoms with Gasteiger partial charge in [-0.15, -0.1) is 0 Å². The lowest BCUT2D eigenvalue weighted by atomic mass is 10.1. The predicted octanol–water partition coefficient (Wildman–Crippen LogP) is 0.0547. The summed E-state index contributed by atoms with van der Waals surface area (Å²) in [6, 6.07) is 0. The monoisotopic (exact) mass is 258 g/mol. The van der Waals surface area contributed by atoms with Crippen LogP contribution in [0.5, 0.6) is 0 Å². The number of likely N-dealkylation sites (N-methyl/N-ethyl adjacent to an activating group) is 1.